The molecule has 0 amide bonds. The standard InChI is InChI=1S/C9H13N5O2S2/c1-2-18(15,16)7-8(10)14-17-9(7)11-3-6-4-12-13-5-6/h4-5,11H,2-3H2,1H3,(H2,10,14)(H,12,13). The molecule has 2 aromatic rings. The fourth-order valence-electron chi connectivity index (χ4n) is 1.41. The van der Waals surface area contributed by atoms with Gasteiger partial charge in [-0.05, 0) is 11.5 Å². The van der Waals surface area contributed by atoms with Crippen molar-refractivity contribution in [3.63, 3.8) is 0 Å². The van der Waals surface area contributed by atoms with Crippen molar-refractivity contribution in [2.75, 3.05) is 16.8 Å². The Balaban J connectivity index is 2.24. The predicted octanol–water partition coefficient (Wildman–Crippen LogP) is 0.854. The van der Waals surface area contributed by atoms with Crippen molar-refractivity contribution in [1.82, 2.24) is 14.6 Å². The molecule has 0 aromatic carbocycles. The summed E-state index contributed by atoms with van der Waals surface area (Å²) in [6.07, 6.45) is 3.39. The summed E-state index contributed by atoms with van der Waals surface area (Å²) in [6.45, 7) is 2.04. The number of aromatic amines is 1. The summed E-state index contributed by atoms with van der Waals surface area (Å²) in [5, 5.41) is 9.97. The van der Waals surface area contributed by atoms with Crippen LogP contribution in [0.15, 0.2) is 17.3 Å². The van der Waals surface area contributed by atoms with Crippen LogP contribution in [0, 0.1) is 0 Å². The minimum Gasteiger partial charge on any atom is -0.382 e. The van der Waals surface area contributed by atoms with Gasteiger partial charge in [0.2, 0.25) is 0 Å². The maximum absolute atomic E-state index is 11.9. The molecule has 0 atom stereocenters. The van der Waals surface area contributed by atoms with Crippen LogP contribution in [-0.2, 0) is 16.4 Å². The van der Waals surface area contributed by atoms with E-state index in [1.165, 1.54) is 0 Å². The Labute approximate surface area is 108 Å². The van der Waals surface area contributed by atoms with E-state index in [0.717, 1.165) is 17.1 Å². The van der Waals surface area contributed by atoms with Gasteiger partial charge in [-0.25, -0.2) is 8.42 Å². The van der Waals surface area contributed by atoms with Crippen molar-refractivity contribution < 1.29 is 8.42 Å². The number of hydrogen-bond acceptors (Lipinski definition) is 7. The van der Waals surface area contributed by atoms with Crippen molar-refractivity contribution in [1.29, 1.82) is 0 Å². The number of H-pyrrole nitrogens is 1. The first kappa shape index (κ1) is 12.8. The third kappa shape index (κ3) is 2.46. The number of anilines is 2. The third-order valence-electron chi connectivity index (χ3n) is 2.37. The maximum atomic E-state index is 11.9. The van der Waals surface area contributed by atoms with E-state index < -0.39 is 9.84 Å². The number of hydrogen-bond donors (Lipinski definition) is 3. The van der Waals surface area contributed by atoms with Crippen molar-refractivity contribution >= 4 is 32.2 Å². The molecule has 0 bridgehead atoms. The molecule has 98 valence electrons. The summed E-state index contributed by atoms with van der Waals surface area (Å²) in [6, 6.07) is 0. The summed E-state index contributed by atoms with van der Waals surface area (Å²) in [5.74, 6) is 0.0484. The second kappa shape index (κ2) is 4.94. The Morgan fingerprint density at radius 1 is 1.56 bits per heavy atom. The smallest absolute Gasteiger partial charge is 0.184 e. The fraction of sp³-hybridized carbons (Fsp3) is 0.333. The van der Waals surface area contributed by atoms with Gasteiger partial charge in [0, 0.05) is 18.3 Å². The largest absolute Gasteiger partial charge is 0.382 e. The molecule has 0 radical (unpaired) electrons. The summed E-state index contributed by atoms with van der Waals surface area (Å²) in [4.78, 5) is 0.0958. The predicted molar refractivity (Wildman–Crippen MR) is 70.2 cm³/mol. The second-order valence-corrected chi connectivity index (χ2v) is 6.58. The Morgan fingerprint density at radius 3 is 2.94 bits per heavy atom. The highest BCUT2D eigenvalue weighted by Crippen LogP contribution is 2.32. The zero-order valence-electron chi connectivity index (χ0n) is 9.67. The van der Waals surface area contributed by atoms with Gasteiger partial charge < -0.3 is 11.1 Å². The van der Waals surface area contributed by atoms with Gasteiger partial charge in [-0.1, -0.05) is 6.92 Å². The number of nitrogen functional groups attached to an aromatic ring is 1. The van der Waals surface area contributed by atoms with Crippen LogP contribution in [0.1, 0.15) is 12.5 Å². The number of nitrogens with one attached hydrogen (secondary N) is 2. The second-order valence-electron chi connectivity index (χ2n) is 3.59. The molecule has 0 aliphatic carbocycles. The van der Waals surface area contributed by atoms with Crippen molar-refractivity contribution in [3.05, 3.63) is 18.0 Å². The van der Waals surface area contributed by atoms with Crippen LogP contribution in [0.3, 0.4) is 0 Å². The first-order valence-corrected chi connectivity index (χ1v) is 7.66. The average Bonchev–Trinajstić information content (AvgIpc) is 2.95. The van der Waals surface area contributed by atoms with Crippen LogP contribution in [-0.4, -0.2) is 28.7 Å². The molecule has 4 N–H and O–H groups in total. The first-order chi connectivity index (χ1) is 8.54. The quantitative estimate of drug-likeness (QED) is 0.751. The lowest BCUT2D eigenvalue weighted by Gasteiger charge is -2.05. The highest BCUT2D eigenvalue weighted by Gasteiger charge is 2.23. The molecule has 9 heteroatoms. The number of rotatable bonds is 5. The van der Waals surface area contributed by atoms with Gasteiger partial charge in [-0.2, -0.15) is 9.47 Å². The van der Waals surface area contributed by atoms with E-state index in [0.29, 0.717) is 11.5 Å². The van der Waals surface area contributed by atoms with Crippen LogP contribution in [0.25, 0.3) is 0 Å². The summed E-state index contributed by atoms with van der Waals surface area (Å²) in [7, 11) is -3.37. The SMILES string of the molecule is CCS(=O)(=O)c1c(N)nsc1NCc1cn[nH]c1. The van der Waals surface area contributed by atoms with E-state index in [1.807, 2.05) is 0 Å². The van der Waals surface area contributed by atoms with Crippen LogP contribution >= 0.6 is 11.5 Å². The number of sulfone groups is 1. The Bertz CT molecular complexity index is 617. The van der Waals surface area contributed by atoms with Gasteiger partial charge in [0.05, 0.1) is 11.9 Å². The van der Waals surface area contributed by atoms with E-state index in [2.05, 4.69) is 19.9 Å². The molecular formula is C9H13N5O2S2. The fourth-order valence-corrected chi connectivity index (χ4v) is 3.57. The zero-order chi connectivity index (χ0) is 13.2. The van der Waals surface area contributed by atoms with Gasteiger partial charge in [0.15, 0.2) is 15.7 Å². The minimum absolute atomic E-state index is 0.00396. The Kier molecular flexibility index (Phi) is 3.53. The van der Waals surface area contributed by atoms with Crippen LogP contribution in [0.2, 0.25) is 0 Å². The van der Waals surface area contributed by atoms with Gasteiger partial charge in [-0.15, -0.1) is 0 Å². The lowest BCUT2D eigenvalue weighted by Crippen LogP contribution is -2.09. The molecule has 2 aromatic heterocycles. The Hall–Kier alpha value is -1.61. The summed E-state index contributed by atoms with van der Waals surface area (Å²) >= 11 is 1.04. The van der Waals surface area contributed by atoms with Crippen LogP contribution in [0.4, 0.5) is 10.8 Å². The van der Waals surface area contributed by atoms with Crippen LogP contribution in [0.5, 0.6) is 0 Å². The van der Waals surface area contributed by atoms with E-state index in [9.17, 15) is 8.42 Å². The van der Waals surface area contributed by atoms with Crippen molar-refractivity contribution in [2.24, 2.45) is 0 Å². The number of nitrogens with zero attached hydrogens (tertiary/aromatic N) is 2. The summed E-state index contributed by atoms with van der Waals surface area (Å²) in [5.41, 5.74) is 6.53. The van der Waals surface area contributed by atoms with E-state index in [4.69, 9.17) is 5.73 Å². The molecule has 18 heavy (non-hydrogen) atoms. The van der Waals surface area contributed by atoms with Gasteiger partial charge in [0.1, 0.15) is 9.90 Å². The normalized spacial score (nSPS) is 11.6. The van der Waals surface area contributed by atoms with E-state index in [1.54, 1.807) is 19.3 Å². The first-order valence-electron chi connectivity index (χ1n) is 5.24. The van der Waals surface area contributed by atoms with E-state index >= 15 is 0 Å². The van der Waals surface area contributed by atoms with Crippen LogP contribution < -0.4 is 11.1 Å². The number of nitrogens with two attached hydrogens (primary N) is 1. The molecule has 0 spiro atoms. The third-order valence-corrected chi connectivity index (χ3v) is 5.12. The highest BCUT2D eigenvalue weighted by atomic mass is 32.2. The van der Waals surface area contributed by atoms with Crippen molar-refractivity contribution in [2.45, 2.75) is 18.4 Å². The molecule has 2 heterocycles. The highest BCUT2D eigenvalue weighted by molar-refractivity contribution is 7.91. The topological polar surface area (TPSA) is 114 Å². The minimum atomic E-state index is -3.37. The Morgan fingerprint density at radius 2 is 2.33 bits per heavy atom. The lowest BCUT2D eigenvalue weighted by atomic mass is 10.4. The molecule has 2 rings (SSSR count). The van der Waals surface area contributed by atoms with E-state index in [-0.39, 0.29) is 16.5 Å². The molecule has 0 fully saturated rings. The maximum Gasteiger partial charge on any atom is 0.184 e. The molecule has 7 nitrogen and oxygen atoms in total. The monoisotopic (exact) mass is 287 g/mol. The molecule has 0 aliphatic rings. The van der Waals surface area contributed by atoms with Crippen molar-refractivity contribution in [3.8, 4) is 0 Å². The molecule has 0 saturated carbocycles. The number of aromatic nitrogens is 3. The molecule has 0 aliphatic heterocycles. The molecule has 0 saturated heterocycles. The molecule has 0 unspecified atom stereocenters. The van der Waals surface area contributed by atoms with Gasteiger partial charge in [-0.3, -0.25) is 5.10 Å². The van der Waals surface area contributed by atoms with Gasteiger partial charge in [0.25, 0.3) is 0 Å². The lowest BCUT2D eigenvalue weighted by molar-refractivity contribution is 0.598. The summed E-state index contributed by atoms with van der Waals surface area (Å²) < 4.78 is 27.7. The average molecular weight is 287 g/mol. The zero-order valence-corrected chi connectivity index (χ0v) is 11.3. The molecular weight excluding hydrogens is 274 g/mol. The van der Waals surface area contributed by atoms with Gasteiger partial charge >= 0.3 is 0 Å².